The zero-order valence-corrected chi connectivity index (χ0v) is 14.8. The van der Waals surface area contributed by atoms with Crippen LogP contribution in [0.3, 0.4) is 0 Å². The molecule has 25 heavy (non-hydrogen) atoms. The zero-order valence-electron chi connectivity index (χ0n) is 13.1. The smallest absolute Gasteiger partial charge is 0.287 e. The van der Waals surface area contributed by atoms with E-state index in [4.69, 9.17) is 4.42 Å². The van der Waals surface area contributed by atoms with Crippen molar-refractivity contribution in [3.63, 3.8) is 0 Å². The van der Waals surface area contributed by atoms with Gasteiger partial charge in [0.15, 0.2) is 21.9 Å². The van der Waals surface area contributed by atoms with Crippen LogP contribution in [0.15, 0.2) is 39.5 Å². The Morgan fingerprint density at radius 2 is 2.28 bits per heavy atom. The fraction of sp³-hybridized carbons (Fsp3) is 0.214. The Morgan fingerprint density at radius 1 is 1.40 bits per heavy atom. The van der Waals surface area contributed by atoms with Crippen LogP contribution in [0.1, 0.15) is 16.4 Å². The summed E-state index contributed by atoms with van der Waals surface area (Å²) in [6.45, 7) is 0.203. The van der Waals surface area contributed by atoms with E-state index in [1.807, 2.05) is 0 Å². The number of anilines is 1. The summed E-state index contributed by atoms with van der Waals surface area (Å²) in [7, 11) is 1.77. The van der Waals surface area contributed by atoms with Crippen molar-refractivity contribution in [1.29, 1.82) is 0 Å². The molecule has 3 heterocycles. The lowest BCUT2D eigenvalue weighted by Gasteiger charge is -2.05. The van der Waals surface area contributed by atoms with Gasteiger partial charge < -0.3 is 19.6 Å². The van der Waals surface area contributed by atoms with Gasteiger partial charge in [-0.3, -0.25) is 9.59 Å². The lowest BCUT2D eigenvalue weighted by Crippen LogP contribution is -2.24. The van der Waals surface area contributed by atoms with Crippen molar-refractivity contribution in [2.75, 3.05) is 11.1 Å². The summed E-state index contributed by atoms with van der Waals surface area (Å²) in [5, 5.41) is 16.4. The fourth-order valence-corrected chi connectivity index (χ4v) is 3.12. The molecule has 2 amide bonds. The second kappa shape index (κ2) is 7.94. The van der Waals surface area contributed by atoms with E-state index in [1.165, 1.54) is 29.4 Å². The molecule has 0 aliphatic carbocycles. The van der Waals surface area contributed by atoms with Crippen LogP contribution in [0.5, 0.6) is 0 Å². The van der Waals surface area contributed by atoms with Crippen molar-refractivity contribution in [3.8, 4) is 0 Å². The molecule has 0 aromatic carbocycles. The first-order chi connectivity index (χ1) is 12.1. The molecule has 2 N–H and O–H groups in total. The third-order valence-corrected chi connectivity index (χ3v) is 4.80. The van der Waals surface area contributed by atoms with E-state index in [1.54, 1.807) is 35.3 Å². The number of nitrogens with one attached hydrogen (secondary N) is 2. The molecule has 0 radical (unpaired) electrons. The van der Waals surface area contributed by atoms with E-state index in [-0.39, 0.29) is 29.9 Å². The quantitative estimate of drug-likeness (QED) is 0.599. The normalized spacial score (nSPS) is 10.6. The Balaban J connectivity index is 1.50. The van der Waals surface area contributed by atoms with Crippen molar-refractivity contribution in [1.82, 2.24) is 25.1 Å². The Bertz CT molecular complexity index is 844. The highest BCUT2D eigenvalue weighted by atomic mass is 32.2. The van der Waals surface area contributed by atoms with Crippen molar-refractivity contribution in [2.24, 2.45) is 7.05 Å². The van der Waals surface area contributed by atoms with Gasteiger partial charge in [-0.15, -0.1) is 21.5 Å². The van der Waals surface area contributed by atoms with Crippen molar-refractivity contribution in [2.45, 2.75) is 11.7 Å². The minimum absolute atomic E-state index is 0.171. The second-order valence-electron chi connectivity index (χ2n) is 4.79. The summed E-state index contributed by atoms with van der Waals surface area (Å²) in [6.07, 6.45) is 3.06. The Labute approximate surface area is 150 Å². The molecule has 11 heteroatoms. The molecule has 0 bridgehead atoms. The summed E-state index contributed by atoms with van der Waals surface area (Å²) in [5.74, 6) is 0.489. The number of furan rings is 1. The van der Waals surface area contributed by atoms with Crippen LogP contribution >= 0.6 is 23.1 Å². The third kappa shape index (κ3) is 4.45. The van der Waals surface area contributed by atoms with Crippen molar-refractivity contribution < 1.29 is 14.0 Å². The molecule has 0 spiro atoms. The lowest BCUT2D eigenvalue weighted by molar-refractivity contribution is -0.113. The summed E-state index contributed by atoms with van der Waals surface area (Å²) in [4.78, 5) is 27.7. The Hall–Kier alpha value is -2.66. The average molecular weight is 378 g/mol. The lowest BCUT2D eigenvalue weighted by atomic mass is 10.4. The van der Waals surface area contributed by atoms with Crippen LogP contribution < -0.4 is 10.6 Å². The molecular formula is C14H14N6O3S2. The van der Waals surface area contributed by atoms with E-state index in [9.17, 15) is 9.59 Å². The summed E-state index contributed by atoms with van der Waals surface area (Å²) >= 11 is 2.61. The molecule has 9 nitrogen and oxygen atoms in total. The monoisotopic (exact) mass is 378 g/mol. The van der Waals surface area contributed by atoms with Gasteiger partial charge in [-0.1, -0.05) is 11.8 Å². The first-order valence-corrected chi connectivity index (χ1v) is 9.02. The molecule has 3 aromatic heterocycles. The number of carbonyl (C=O) groups excluding carboxylic acids is 2. The molecule has 0 atom stereocenters. The van der Waals surface area contributed by atoms with Crippen LogP contribution in [0.2, 0.25) is 0 Å². The highest BCUT2D eigenvalue weighted by Crippen LogP contribution is 2.17. The molecule has 0 unspecified atom stereocenters. The van der Waals surface area contributed by atoms with Crippen LogP contribution in [0, 0.1) is 0 Å². The van der Waals surface area contributed by atoms with Gasteiger partial charge >= 0.3 is 0 Å². The number of hydrogen-bond acceptors (Lipinski definition) is 8. The van der Waals surface area contributed by atoms with E-state index >= 15 is 0 Å². The van der Waals surface area contributed by atoms with Gasteiger partial charge in [0, 0.05) is 18.6 Å². The number of nitrogens with zero attached hydrogens (tertiary/aromatic N) is 4. The fourth-order valence-electron chi connectivity index (χ4n) is 1.85. The molecule has 0 saturated carbocycles. The van der Waals surface area contributed by atoms with Gasteiger partial charge in [0.1, 0.15) is 0 Å². The number of aromatic nitrogens is 4. The predicted octanol–water partition coefficient (Wildman–Crippen LogP) is 1.53. The predicted molar refractivity (Wildman–Crippen MR) is 92.3 cm³/mol. The minimum atomic E-state index is -0.329. The number of rotatable bonds is 7. The van der Waals surface area contributed by atoms with Gasteiger partial charge in [0.05, 0.1) is 18.6 Å². The number of amides is 2. The molecule has 0 fully saturated rings. The second-order valence-corrected chi connectivity index (χ2v) is 6.63. The number of thioether (sulfide) groups is 1. The average Bonchev–Trinajstić information content (AvgIpc) is 3.34. The van der Waals surface area contributed by atoms with Gasteiger partial charge in [-0.2, -0.15) is 0 Å². The van der Waals surface area contributed by atoms with E-state index in [0.29, 0.717) is 16.1 Å². The maximum Gasteiger partial charge on any atom is 0.287 e. The molecule has 0 aliphatic heterocycles. The molecule has 3 aromatic rings. The molecule has 0 saturated heterocycles. The summed E-state index contributed by atoms with van der Waals surface area (Å²) in [5.41, 5.74) is 0. The maximum atomic E-state index is 11.9. The SMILES string of the molecule is Cn1c(CNC(=O)c2ccco2)nnc1SCC(=O)Nc1nccs1. The van der Waals surface area contributed by atoms with Gasteiger partial charge in [-0.05, 0) is 12.1 Å². The molecule has 130 valence electrons. The Kier molecular flexibility index (Phi) is 5.46. The largest absolute Gasteiger partial charge is 0.459 e. The maximum absolute atomic E-state index is 11.9. The van der Waals surface area contributed by atoms with E-state index in [2.05, 4.69) is 25.8 Å². The Morgan fingerprint density at radius 3 is 3.00 bits per heavy atom. The van der Waals surface area contributed by atoms with Crippen molar-refractivity contribution in [3.05, 3.63) is 41.6 Å². The van der Waals surface area contributed by atoms with Gasteiger partial charge in [-0.25, -0.2) is 4.98 Å². The first-order valence-electron chi connectivity index (χ1n) is 7.15. The van der Waals surface area contributed by atoms with Gasteiger partial charge in [0.25, 0.3) is 5.91 Å². The topological polar surface area (TPSA) is 115 Å². The highest BCUT2D eigenvalue weighted by molar-refractivity contribution is 7.99. The van der Waals surface area contributed by atoms with Crippen LogP contribution in [-0.4, -0.2) is 37.3 Å². The van der Waals surface area contributed by atoms with E-state index < -0.39 is 0 Å². The number of thiazole rings is 1. The molecular weight excluding hydrogens is 364 g/mol. The van der Waals surface area contributed by atoms with Gasteiger partial charge in [0.2, 0.25) is 5.91 Å². The molecule has 0 aliphatic rings. The summed E-state index contributed by atoms with van der Waals surface area (Å²) in [6, 6.07) is 3.22. The minimum Gasteiger partial charge on any atom is -0.459 e. The van der Waals surface area contributed by atoms with Crippen LogP contribution in [-0.2, 0) is 18.4 Å². The standard InChI is InChI=1S/C14H14N6O3S2/c1-20-10(7-16-12(22)9-3-2-5-23-9)18-19-14(20)25-8-11(21)17-13-15-4-6-24-13/h2-6H,7-8H2,1H3,(H,16,22)(H,15,17,21). The highest BCUT2D eigenvalue weighted by Gasteiger charge is 2.14. The molecule has 3 rings (SSSR count). The van der Waals surface area contributed by atoms with Crippen LogP contribution in [0.25, 0.3) is 0 Å². The van der Waals surface area contributed by atoms with Crippen molar-refractivity contribution >= 4 is 40.0 Å². The zero-order chi connectivity index (χ0) is 17.6. The van der Waals surface area contributed by atoms with E-state index in [0.717, 1.165) is 0 Å². The number of carbonyl (C=O) groups is 2. The van der Waals surface area contributed by atoms with Crippen LogP contribution in [0.4, 0.5) is 5.13 Å². The third-order valence-electron chi connectivity index (χ3n) is 3.09. The first kappa shape index (κ1) is 17.2. The summed E-state index contributed by atoms with van der Waals surface area (Å²) < 4.78 is 6.75. The number of hydrogen-bond donors (Lipinski definition) is 2.